The summed E-state index contributed by atoms with van der Waals surface area (Å²) in [6.45, 7) is 6.80. The van der Waals surface area contributed by atoms with Gasteiger partial charge in [0.05, 0.1) is 18.0 Å². The number of benzene rings is 2. The summed E-state index contributed by atoms with van der Waals surface area (Å²) < 4.78 is 14.5. The van der Waals surface area contributed by atoms with Crippen LogP contribution in [0.3, 0.4) is 0 Å². The monoisotopic (exact) mass is 418 g/mol. The quantitative estimate of drug-likeness (QED) is 0.614. The lowest BCUT2D eigenvalue weighted by Gasteiger charge is -2.13. The van der Waals surface area contributed by atoms with E-state index in [1.165, 1.54) is 28.4 Å². The van der Waals surface area contributed by atoms with Crippen LogP contribution in [0, 0.1) is 5.82 Å². The summed E-state index contributed by atoms with van der Waals surface area (Å²) in [5, 5.41) is 7.92. The lowest BCUT2D eigenvalue weighted by atomic mass is 9.95. The molecule has 0 aliphatic carbocycles. The Morgan fingerprint density at radius 1 is 1.16 bits per heavy atom. The van der Waals surface area contributed by atoms with Crippen LogP contribution in [0.4, 0.5) is 10.1 Å². The lowest BCUT2D eigenvalue weighted by Crippen LogP contribution is -2.24. The van der Waals surface area contributed by atoms with Gasteiger partial charge in [-0.15, -0.1) is 0 Å². The Bertz CT molecular complexity index is 1160. The first-order valence-electron chi connectivity index (χ1n) is 10.7. The smallest absolute Gasteiger partial charge is 0.274 e. The summed E-state index contributed by atoms with van der Waals surface area (Å²) in [6, 6.07) is 16.0. The molecule has 0 saturated heterocycles. The molecule has 1 unspecified atom stereocenters. The normalized spacial score (nSPS) is 15.9. The Kier molecular flexibility index (Phi) is 5.98. The maximum atomic E-state index is 13.1. The number of nitrogens with one attached hydrogen (secondary N) is 1. The molecule has 2 aromatic carbocycles. The molecule has 4 rings (SSSR count). The van der Waals surface area contributed by atoms with Gasteiger partial charge in [-0.25, -0.2) is 9.37 Å². The molecule has 2 heterocycles. The summed E-state index contributed by atoms with van der Waals surface area (Å²) >= 11 is 0. The van der Waals surface area contributed by atoms with Gasteiger partial charge in [0.25, 0.3) is 5.56 Å². The second-order valence-corrected chi connectivity index (χ2v) is 8.38. The standard InChI is InChI=1S/C25H27FN4O/c1-16(2)18-5-4-6-19(13-18)23-12-7-17(3)25-28-22(14-24(31)30(25)29-23)15-27-21-10-8-20(26)9-11-21/h4-6,8-11,13-14,16-17,27H,7,12,15H2,1-3H3. The molecule has 160 valence electrons. The summed E-state index contributed by atoms with van der Waals surface area (Å²) in [4.78, 5) is 17.7. The van der Waals surface area contributed by atoms with Crippen LogP contribution in [0.1, 0.15) is 68.1 Å². The SMILES string of the molecule is CC(C)c1cccc(C2=Nn3c(nc(CNc4ccc(F)cc4)cc3=O)C(C)CC2)c1. The number of hydrogen-bond acceptors (Lipinski definition) is 4. The van der Waals surface area contributed by atoms with Crippen molar-refractivity contribution < 1.29 is 4.39 Å². The van der Waals surface area contributed by atoms with E-state index in [9.17, 15) is 9.18 Å². The Balaban J connectivity index is 1.65. The third-order valence-electron chi connectivity index (χ3n) is 5.65. The molecule has 3 aromatic rings. The maximum Gasteiger partial charge on any atom is 0.274 e. The van der Waals surface area contributed by atoms with Crippen molar-refractivity contribution in [3.8, 4) is 0 Å². The summed E-state index contributed by atoms with van der Waals surface area (Å²) in [5.74, 6) is 0.929. The lowest BCUT2D eigenvalue weighted by molar-refractivity contribution is 0.606. The van der Waals surface area contributed by atoms with E-state index < -0.39 is 0 Å². The number of aromatic nitrogens is 2. The van der Waals surface area contributed by atoms with Crippen LogP contribution in [0.25, 0.3) is 0 Å². The zero-order valence-corrected chi connectivity index (χ0v) is 18.1. The minimum Gasteiger partial charge on any atom is -0.379 e. The highest BCUT2D eigenvalue weighted by Gasteiger charge is 2.21. The first-order valence-corrected chi connectivity index (χ1v) is 10.7. The van der Waals surface area contributed by atoms with Gasteiger partial charge in [0.1, 0.15) is 11.6 Å². The molecule has 0 bridgehead atoms. The molecule has 0 saturated carbocycles. The molecule has 1 N–H and O–H groups in total. The Morgan fingerprint density at radius 2 is 1.94 bits per heavy atom. The molecule has 0 radical (unpaired) electrons. The van der Waals surface area contributed by atoms with Crippen molar-refractivity contribution in [2.24, 2.45) is 5.10 Å². The van der Waals surface area contributed by atoms with Gasteiger partial charge >= 0.3 is 0 Å². The Morgan fingerprint density at radius 3 is 2.68 bits per heavy atom. The van der Waals surface area contributed by atoms with Crippen LogP contribution >= 0.6 is 0 Å². The van der Waals surface area contributed by atoms with Crippen molar-refractivity contribution in [1.29, 1.82) is 0 Å². The van der Waals surface area contributed by atoms with Gasteiger partial charge in [0.2, 0.25) is 0 Å². The Labute approximate surface area is 181 Å². The molecule has 1 aliphatic rings. The molecule has 0 fully saturated rings. The average Bonchev–Trinajstić information content (AvgIpc) is 2.93. The molecular formula is C25H27FN4O. The van der Waals surface area contributed by atoms with E-state index in [4.69, 9.17) is 10.1 Å². The second kappa shape index (κ2) is 8.84. The van der Waals surface area contributed by atoms with Gasteiger partial charge in [0.15, 0.2) is 0 Å². The van der Waals surface area contributed by atoms with Crippen molar-refractivity contribution >= 4 is 11.4 Å². The summed E-state index contributed by atoms with van der Waals surface area (Å²) in [6.07, 6.45) is 1.65. The molecular weight excluding hydrogens is 391 g/mol. The predicted molar refractivity (Wildman–Crippen MR) is 122 cm³/mol. The molecule has 1 aliphatic heterocycles. The van der Waals surface area contributed by atoms with Crippen LogP contribution in [-0.2, 0) is 6.54 Å². The average molecular weight is 419 g/mol. The van der Waals surface area contributed by atoms with Crippen LogP contribution in [0.2, 0.25) is 0 Å². The number of anilines is 1. The Hall–Kier alpha value is -3.28. The molecule has 5 nitrogen and oxygen atoms in total. The summed E-state index contributed by atoms with van der Waals surface area (Å²) in [7, 11) is 0. The highest BCUT2D eigenvalue weighted by Crippen LogP contribution is 2.25. The highest BCUT2D eigenvalue weighted by atomic mass is 19.1. The number of fused-ring (bicyclic) bond motifs is 1. The molecule has 1 aromatic heterocycles. The van der Waals surface area contributed by atoms with E-state index in [2.05, 4.69) is 44.3 Å². The van der Waals surface area contributed by atoms with Crippen molar-refractivity contribution in [1.82, 2.24) is 9.66 Å². The third-order valence-corrected chi connectivity index (χ3v) is 5.65. The number of rotatable bonds is 5. The third kappa shape index (κ3) is 4.74. The van der Waals surface area contributed by atoms with E-state index in [1.807, 2.05) is 6.07 Å². The van der Waals surface area contributed by atoms with Gasteiger partial charge in [-0.05, 0) is 60.2 Å². The van der Waals surface area contributed by atoms with Gasteiger partial charge < -0.3 is 5.32 Å². The van der Waals surface area contributed by atoms with Gasteiger partial charge in [-0.2, -0.15) is 9.78 Å². The minimum atomic E-state index is -0.284. The largest absolute Gasteiger partial charge is 0.379 e. The summed E-state index contributed by atoms with van der Waals surface area (Å²) in [5.41, 5.74) is 4.46. The van der Waals surface area contributed by atoms with Crippen molar-refractivity contribution in [3.63, 3.8) is 0 Å². The van der Waals surface area contributed by atoms with Crippen LogP contribution in [0.5, 0.6) is 0 Å². The van der Waals surface area contributed by atoms with Crippen molar-refractivity contribution in [3.05, 3.63) is 93.4 Å². The fraction of sp³-hybridized carbons (Fsp3) is 0.320. The number of nitrogens with zero attached hydrogens (tertiary/aromatic N) is 3. The molecule has 6 heteroatoms. The second-order valence-electron chi connectivity index (χ2n) is 8.38. The molecule has 0 spiro atoms. The fourth-order valence-corrected chi connectivity index (χ4v) is 3.75. The van der Waals surface area contributed by atoms with Crippen LogP contribution in [0.15, 0.2) is 64.5 Å². The minimum absolute atomic E-state index is 0.105. The topological polar surface area (TPSA) is 59.3 Å². The fourth-order valence-electron chi connectivity index (χ4n) is 3.75. The van der Waals surface area contributed by atoms with Crippen LogP contribution < -0.4 is 10.9 Å². The highest BCUT2D eigenvalue weighted by molar-refractivity contribution is 6.00. The molecule has 0 amide bonds. The zero-order chi connectivity index (χ0) is 22.0. The van der Waals surface area contributed by atoms with E-state index in [0.717, 1.165) is 29.8 Å². The van der Waals surface area contributed by atoms with Gasteiger partial charge in [-0.1, -0.05) is 39.0 Å². The van der Waals surface area contributed by atoms with Gasteiger partial charge in [0, 0.05) is 17.7 Å². The maximum absolute atomic E-state index is 13.1. The van der Waals surface area contributed by atoms with Crippen molar-refractivity contribution in [2.45, 2.75) is 52.0 Å². The van der Waals surface area contributed by atoms with E-state index in [-0.39, 0.29) is 17.3 Å². The van der Waals surface area contributed by atoms with E-state index in [1.54, 1.807) is 12.1 Å². The number of halogens is 1. The molecule has 31 heavy (non-hydrogen) atoms. The van der Waals surface area contributed by atoms with Crippen molar-refractivity contribution in [2.75, 3.05) is 5.32 Å². The van der Waals surface area contributed by atoms with E-state index >= 15 is 0 Å². The number of hydrogen-bond donors (Lipinski definition) is 1. The first-order chi connectivity index (χ1) is 14.9. The predicted octanol–water partition coefficient (Wildman–Crippen LogP) is 5.27. The van der Waals surface area contributed by atoms with E-state index in [0.29, 0.717) is 24.0 Å². The zero-order valence-electron chi connectivity index (χ0n) is 18.1. The van der Waals surface area contributed by atoms with Gasteiger partial charge in [-0.3, -0.25) is 4.79 Å². The van der Waals surface area contributed by atoms with Crippen LogP contribution in [-0.4, -0.2) is 15.4 Å². The first kappa shape index (κ1) is 21.0. The molecule has 1 atom stereocenters.